The van der Waals surface area contributed by atoms with Crippen molar-refractivity contribution in [1.82, 2.24) is 8.87 Å². The van der Waals surface area contributed by atoms with Gasteiger partial charge in [0.15, 0.2) is 5.78 Å². The van der Waals surface area contributed by atoms with E-state index in [0.29, 0.717) is 27.9 Å². The van der Waals surface area contributed by atoms with E-state index in [4.69, 9.17) is 4.74 Å². The number of rotatable bonds is 8. The minimum absolute atomic E-state index is 0.163. The van der Waals surface area contributed by atoms with Crippen molar-refractivity contribution in [1.29, 1.82) is 0 Å². The Bertz CT molecular complexity index is 1320. The summed E-state index contributed by atoms with van der Waals surface area (Å²) in [6.07, 6.45) is 0. The minimum atomic E-state index is -3.97. The summed E-state index contributed by atoms with van der Waals surface area (Å²) < 4.78 is 35.3. The van der Waals surface area contributed by atoms with Crippen LogP contribution in [0.1, 0.15) is 52.9 Å². The molecule has 0 unspecified atom stereocenters. The van der Waals surface area contributed by atoms with E-state index in [1.165, 1.54) is 4.31 Å². The summed E-state index contributed by atoms with van der Waals surface area (Å²) >= 11 is 0. The number of hydrogen-bond acceptors (Lipinski definition) is 5. The van der Waals surface area contributed by atoms with Crippen LogP contribution in [0.5, 0.6) is 0 Å². The first-order valence-corrected chi connectivity index (χ1v) is 12.3. The van der Waals surface area contributed by atoms with Crippen LogP contribution >= 0.6 is 0 Å². The summed E-state index contributed by atoms with van der Waals surface area (Å²) in [5.74, 6) is -0.877. The van der Waals surface area contributed by atoms with E-state index in [9.17, 15) is 18.0 Å². The van der Waals surface area contributed by atoms with Crippen LogP contribution in [0.2, 0.25) is 0 Å². The SMILES string of the molecule is CCOC(=O)c1c(C)c(C(=O)CN(C(C)C)S(=O)(=O)c2cccc3ccccc23)c(C)n1C. The van der Waals surface area contributed by atoms with Gasteiger partial charge in [0, 0.05) is 29.7 Å². The Morgan fingerprint density at radius 3 is 2.33 bits per heavy atom. The number of benzene rings is 2. The summed E-state index contributed by atoms with van der Waals surface area (Å²) in [6, 6.07) is 11.9. The molecule has 2 aromatic carbocycles. The molecule has 0 aliphatic rings. The maximum absolute atomic E-state index is 13.7. The molecule has 176 valence electrons. The van der Waals surface area contributed by atoms with Crippen molar-refractivity contribution in [3.8, 4) is 0 Å². The lowest BCUT2D eigenvalue weighted by Gasteiger charge is -2.26. The van der Waals surface area contributed by atoms with Crippen LogP contribution in [0.4, 0.5) is 0 Å². The third-order valence-corrected chi connectivity index (χ3v) is 7.97. The van der Waals surface area contributed by atoms with Gasteiger partial charge in [-0.25, -0.2) is 13.2 Å². The van der Waals surface area contributed by atoms with E-state index < -0.39 is 22.0 Å². The third-order valence-electron chi connectivity index (χ3n) is 5.89. The summed E-state index contributed by atoms with van der Waals surface area (Å²) in [5, 5.41) is 1.41. The summed E-state index contributed by atoms with van der Waals surface area (Å²) in [4.78, 5) is 26.0. The van der Waals surface area contributed by atoms with Gasteiger partial charge in [0.25, 0.3) is 0 Å². The molecule has 0 fully saturated rings. The molecule has 0 radical (unpaired) electrons. The van der Waals surface area contributed by atoms with Gasteiger partial charge in [-0.05, 0) is 51.6 Å². The summed E-state index contributed by atoms with van der Waals surface area (Å²) in [6.45, 7) is 8.50. The van der Waals surface area contributed by atoms with E-state index >= 15 is 0 Å². The van der Waals surface area contributed by atoms with Crippen LogP contribution in [0.3, 0.4) is 0 Å². The molecular weight excluding hydrogens is 440 g/mol. The van der Waals surface area contributed by atoms with Crippen molar-refractivity contribution < 1.29 is 22.7 Å². The van der Waals surface area contributed by atoms with Gasteiger partial charge in [-0.15, -0.1) is 0 Å². The number of aromatic nitrogens is 1. The zero-order valence-corrected chi connectivity index (χ0v) is 20.7. The van der Waals surface area contributed by atoms with E-state index in [1.54, 1.807) is 70.5 Å². The monoisotopic (exact) mass is 470 g/mol. The summed E-state index contributed by atoms with van der Waals surface area (Å²) in [5.41, 5.74) is 1.72. The van der Waals surface area contributed by atoms with Crippen LogP contribution in [0.15, 0.2) is 47.4 Å². The van der Waals surface area contributed by atoms with Gasteiger partial charge in [0.05, 0.1) is 18.0 Å². The number of esters is 1. The van der Waals surface area contributed by atoms with Crippen molar-refractivity contribution in [3.63, 3.8) is 0 Å². The molecule has 33 heavy (non-hydrogen) atoms. The molecule has 3 aromatic rings. The number of ketones is 1. The van der Waals surface area contributed by atoms with Crippen LogP contribution < -0.4 is 0 Å². The van der Waals surface area contributed by atoms with Crippen molar-refractivity contribution in [2.45, 2.75) is 45.6 Å². The van der Waals surface area contributed by atoms with E-state index in [-0.39, 0.29) is 23.8 Å². The molecule has 1 aromatic heterocycles. The zero-order valence-electron chi connectivity index (χ0n) is 19.9. The van der Waals surface area contributed by atoms with Crippen LogP contribution in [-0.2, 0) is 21.8 Å². The highest BCUT2D eigenvalue weighted by atomic mass is 32.2. The third kappa shape index (κ3) is 4.45. The number of Topliss-reactive ketones (excluding diaryl/α,β-unsaturated/α-hetero) is 1. The van der Waals surface area contributed by atoms with Gasteiger partial charge in [0.2, 0.25) is 10.0 Å². The smallest absolute Gasteiger partial charge is 0.355 e. The fourth-order valence-electron chi connectivity index (χ4n) is 4.19. The number of carbonyl (C=O) groups excluding carboxylic acids is 2. The number of nitrogens with zero attached hydrogens (tertiary/aromatic N) is 2. The second kappa shape index (κ2) is 9.49. The topological polar surface area (TPSA) is 85.7 Å². The predicted molar refractivity (Wildman–Crippen MR) is 128 cm³/mol. The van der Waals surface area contributed by atoms with Crippen LogP contribution in [-0.4, -0.2) is 48.2 Å². The molecule has 0 aliphatic carbocycles. The molecule has 0 saturated carbocycles. The Kier molecular flexibility index (Phi) is 7.09. The van der Waals surface area contributed by atoms with E-state index in [2.05, 4.69) is 0 Å². The molecule has 8 heteroatoms. The lowest BCUT2D eigenvalue weighted by atomic mass is 10.1. The van der Waals surface area contributed by atoms with Gasteiger partial charge in [-0.2, -0.15) is 4.31 Å². The van der Waals surface area contributed by atoms with E-state index in [0.717, 1.165) is 5.39 Å². The zero-order chi connectivity index (χ0) is 24.5. The maximum atomic E-state index is 13.7. The molecule has 0 bridgehead atoms. The fraction of sp³-hybridized carbons (Fsp3) is 0.360. The van der Waals surface area contributed by atoms with Gasteiger partial charge in [-0.1, -0.05) is 36.4 Å². The second-order valence-corrected chi connectivity index (χ2v) is 10.1. The number of fused-ring (bicyclic) bond motifs is 1. The van der Waals surface area contributed by atoms with Gasteiger partial charge in [-0.3, -0.25) is 4.79 Å². The van der Waals surface area contributed by atoms with Gasteiger partial charge in [0.1, 0.15) is 5.69 Å². The molecular formula is C25H30N2O5S. The van der Waals surface area contributed by atoms with E-state index in [1.807, 2.05) is 18.2 Å². The van der Waals surface area contributed by atoms with Gasteiger partial charge < -0.3 is 9.30 Å². The second-order valence-electron chi connectivity index (χ2n) is 8.26. The minimum Gasteiger partial charge on any atom is -0.461 e. The highest BCUT2D eigenvalue weighted by Gasteiger charge is 2.33. The number of carbonyl (C=O) groups is 2. The Morgan fingerprint density at radius 2 is 1.70 bits per heavy atom. The maximum Gasteiger partial charge on any atom is 0.355 e. The Labute approximate surface area is 195 Å². The fourth-order valence-corrected chi connectivity index (χ4v) is 6.00. The standard InChI is InChI=1S/C25H30N2O5S/c1-7-32-25(29)24-17(4)23(18(5)26(24)6)21(28)15-27(16(2)3)33(30,31)22-14-10-12-19-11-8-9-13-20(19)22/h8-14,16H,7,15H2,1-6H3. The first-order chi connectivity index (χ1) is 15.5. The molecule has 0 atom stereocenters. The normalized spacial score (nSPS) is 12.0. The highest BCUT2D eigenvalue weighted by Crippen LogP contribution is 2.28. The van der Waals surface area contributed by atoms with Gasteiger partial charge >= 0.3 is 5.97 Å². The van der Waals surface area contributed by atoms with Crippen LogP contribution in [0.25, 0.3) is 10.8 Å². The lowest BCUT2D eigenvalue weighted by molar-refractivity contribution is 0.0514. The average Bonchev–Trinajstić information content (AvgIpc) is 2.99. The Balaban J connectivity index is 2.04. The number of ether oxygens (including phenoxy) is 1. The highest BCUT2D eigenvalue weighted by molar-refractivity contribution is 7.89. The first-order valence-electron chi connectivity index (χ1n) is 10.9. The Morgan fingerprint density at radius 1 is 1.06 bits per heavy atom. The van der Waals surface area contributed by atoms with Crippen LogP contribution in [0, 0.1) is 13.8 Å². The quantitative estimate of drug-likeness (QED) is 0.363. The largest absolute Gasteiger partial charge is 0.461 e. The van der Waals surface area contributed by atoms with Crippen molar-refractivity contribution in [3.05, 3.63) is 65.0 Å². The first kappa shape index (κ1) is 24.7. The summed E-state index contributed by atoms with van der Waals surface area (Å²) in [7, 11) is -2.28. The average molecular weight is 471 g/mol. The molecule has 0 amide bonds. The molecule has 7 nitrogen and oxygen atoms in total. The molecule has 3 rings (SSSR count). The number of hydrogen-bond donors (Lipinski definition) is 0. The molecule has 0 N–H and O–H groups in total. The molecule has 0 spiro atoms. The Hall–Kier alpha value is -2.97. The molecule has 0 saturated heterocycles. The predicted octanol–water partition coefficient (Wildman–Crippen LogP) is 4.25. The number of sulfonamides is 1. The lowest BCUT2D eigenvalue weighted by Crippen LogP contribution is -2.41. The van der Waals surface area contributed by atoms with Crippen molar-refractivity contribution in [2.75, 3.05) is 13.2 Å². The van der Waals surface area contributed by atoms with Crippen molar-refractivity contribution in [2.24, 2.45) is 7.05 Å². The van der Waals surface area contributed by atoms with Crippen molar-refractivity contribution >= 4 is 32.5 Å². The molecule has 1 heterocycles. The molecule has 0 aliphatic heterocycles.